The van der Waals surface area contributed by atoms with Crippen molar-refractivity contribution in [2.75, 3.05) is 16.3 Å². The van der Waals surface area contributed by atoms with Gasteiger partial charge in [0.15, 0.2) is 0 Å². The molecule has 0 spiro atoms. The number of nitrogens with one attached hydrogen (secondary N) is 2. The number of carbonyl (C=O) groups excluding carboxylic acids is 1. The third kappa shape index (κ3) is 4.67. The topological polar surface area (TPSA) is 118 Å². The minimum Gasteiger partial charge on any atom is -0.322 e. The molecular weight excluding hydrogens is 358 g/mol. The minimum absolute atomic E-state index is 0.0248. The van der Waals surface area contributed by atoms with E-state index in [1.165, 1.54) is 42.5 Å². The van der Waals surface area contributed by atoms with E-state index in [0.29, 0.717) is 0 Å². The van der Waals surface area contributed by atoms with Crippen molar-refractivity contribution in [1.29, 1.82) is 0 Å². The predicted molar refractivity (Wildman–Crippen MR) is 91.0 cm³/mol. The summed E-state index contributed by atoms with van der Waals surface area (Å²) in [5.74, 6) is -0.627. The molecule has 0 aromatic heterocycles. The van der Waals surface area contributed by atoms with Gasteiger partial charge in [-0.15, -0.1) is 0 Å². The molecule has 2 aromatic rings. The fourth-order valence-electron chi connectivity index (χ4n) is 1.87. The van der Waals surface area contributed by atoms with E-state index >= 15 is 0 Å². The first kappa shape index (κ1) is 17.7. The van der Waals surface area contributed by atoms with E-state index in [9.17, 15) is 23.3 Å². The molecule has 0 aliphatic heterocycles. The SMILES string of the molecule is CS(=O)(=O)Nc1ccc(Cl)c(C(=O)Nc2cccc([N+](=O)[O-])c2)c1. The lowest BCUT2D eigenvalue weighted by molar-refractivity contribution is -0.384. The zero-order chi connectivity index (χ0) is 17.9. The second-order valence-corrected chi connectivity index (χ2v) is 6.99. The maximum atomic E-state index is 12.3. The highest BCUT2D eigenvalue weighted by atomic mass is 35.5. The number of hydrogen-bond donors (Lipinski definition) is 2. The molecule has 0 radical (unpaired) electrons. The Labute approximate surface area is 142 Å². The molecule has 0 fully saturated rings. The summed E-state index contributed by atoms with van der Waals surface area (Å²) in [6.07, 6.45) is 0.977. The number of anilines is 2. The number of rotatable bonds is 5. The summed E-state index contributed by atoms with van der Waals surface area (Å²) in [7, 11) is -3.51. The molecule has 2 N–H and O–H groups in total. The van der Waals surface area contributed by atoms with Crippen molar-refractivity contribution < 1.29 is 18.1 Å². The highest BCUT2D eigenvalue weighted by molar-refractivity contribution is 7.92. The molecule has 2 aromatic carbocycles. The van der Waals surface area contributed by atoms with Crippen molar-refractivity contribution in [2.45, 2.75) is 0 Å². The fraction of sp³-hybridized carbons (Fsp3) is 0.0714. The minimum atomic E-state index is -3.51. The normalized spacial score (nSPS) is 10.9. The average Bonchev–Trinajstić information content (AvgIpc) is 2.48. The lowest BCUT2D eigenvalue weighted by Crippen LogP contribution is -2.14. The van der Waals surface area contributed by atoms with E-state index in [2.05, 4.69) is 10.0 Å². The van der Waals surface area contributed by atoms with Gasteiger partial charge in [-0.25, -0.2) is 8.42 Å². The Bertz CT molecular complexity index is 914. The van der Waals surface area contributed by atoms with Gasteiger partial charge in [-0.05, 0) is 24.3 Å². The predicted octanol–water partition coefficient (Wildman–Crippen LogP) is 2.87. The summed E-state index contributed by atoms with van der Waals surface area (Å²) in [5.41, 5.74) is 0.237. The van der Waals surface area contributed by atoms with Crippen LogP contribution >= 0.6 is 11.6 Å². The second-order valence-electron chi connectivity index (χ2n) is 4.83. The number of halogens is 1. The Balaban J connectivity index is 2.28. The van der Waals surface area contributed by atoms with Gasteiger partial charge in [-0.3, -0.25) is 19.6 Å². The van der Waals surface area contributed by atoms with E-state index in [1.54, 1.807) is 0 Å². The van der Waals surface area contributed by atoms with Crippen LogP contribution in [0.25, 0.3) is 0 Å². The molecule has 8 nitrogen and oxygen atoms in total. The monoisotopic (exact) mass is 369 g/mol. The summed E-state index contributed by atoms with van der Waals surface area (Å²) in [6.45, 7) is 0. The van der Waals surface area contributed by atoms with Crippen LogP contribution in [0.3, 0.4) is 0 Å². The van der Waals surface area contributed by atoms with Crippen LogP contribution in [0.1, 0.15) is 10.4 Å². The van der Waals surface area contributed by atoms with Gasteiger partial charge in [-0.2, -0.15) is 0 Å². The van der Waals surface area contributed by atoms with E-state index in [4.69, 9.17) is 11.6 Å². The van der Waals surface area contributed by atoms with E-state index in [1.807, 2.05) is 0 Å². The van der Waals surface area contributed by atoms with Crippen molar-refractivity contribution in [3.05, 3.63) is 63.2 Å². The Morgan fingerprint density at radius 1 is 1.17 bits per heavy atom. The van der Waals surface area contributed by atoms with Crippen molar-refractivity contribution in [1.82, 2.24) is 0 Å². The van der Waals surface area contributed by atoms with Crippen LogP contribution in [-0.4, -0.2) is 25.5 Å². The summed E-state index contributed by atoms with van der Waals surface area (Å²) < 4.78 is 24.7. The fourth-order valence-corrected chi connectivity index (χ4v) is 2.63. The maximum Gasteiger partial charge on any atom is 0.271 e. The van der Waals surface area contributed by atoms with Gasteiger partial charge < -0.3 is 5.32 Å². The highest BCUT2D eigenvalue weighted by Gasteiger charge is 2.14. The maximum absolute atomic E-state index is 12.3. The smallest absolute Gasteiger partial charge is 0.271 e. The molecule has 0 aliphatic carbocycles. The van der Waals surface area contributed by atoms with Crippen LogP contribution < -0.4 is 10.0 Å². The molecule has 0 bridgehead atoms. The van der Waals surface area contributed by atoms with Gasteiger partial charge in [-0.1, -0.05) is 17.7 Å². The molecule has 1 amide bonds. The zero-order valence-electron chi connectivity index (χ0n) is 12.3. The van der Waals surface area contributed by atoms with Crippen molar-refractivity contribution >= 4 is 44.6 Å². The van der Waals surface area contributed by atoms with Gasteiger partial charge in [0.2, 0.25) is 10.0 Å². The summed E-state index contributed by atoms with van der Waals surface area (Å²) >= 11 is 5.96. The second kappa shape index (κ2) is 6.85. The highest BCUT2D eigenvalue weighted by Crippen LogP contribution is 2.23. The van der Waals surface area contributed by atoms with Crippen LogP contribution in [0.5, 0.6) is 0 Å². The lowest BCUT2D eigenvalue weighted by Gasteiger charge is -2.09. The first-order chi connectivity index (χ1) is 11.2. The number of carbonyl (C=O) groups is 1. The molecule has 10 heteroatoms. The molecule has 24 heavy (non-hydrogen) atoms. The number of benzene rings is 2. The molecule has 0 aliphatic rings. The Morgan fingerprint density at radius 3 is 2.50 bits per heavy atom. The molecule has 0 atom stereocenters. The molecule has 126 valence electrons. The molecule has 2 rings (SSSR count). The summed E-state index contributed by atoms with van der Waals surface area (Å²) in [4.78, 5) is 22.5. The number of non-ortho nitro benzene ring substituents is 1. The molecule has 0 saturated carbocycles. The van der Waals surface area contributed by atoms with Gasteiger partial charge in [0.25, 0.3) is 11.6 Å². The number of hydrogen-bond acceptors (Lipinski definition) is 5. The van der Waals surface area contributed by atoms with Crippen LogP contribution in [0.2, 0.25) is 5.02 Å². The number of amides is 1. The number of nitro groups is 1. The summed E-state index contributed by atoms with van der Waals surface area (Å²) in [5, 5.41) is 13.3. The van der Waals surface area contributed by atoms with E-state index in [0.717, 1.165) is 6.26 Å². The quantitative estimate of drug-likeness (QED) is 0.620. The van der Waals surface area contributed by atoms with Crippen molar-refractivity contribution in [2.24, 2.45) is 0 Å². The number of nitro benzene ring substituents is 1. The van der Waals surface area contributed by atoms with Gasteiger partial charge in [0.05, 0.1) is 21.8 Å². The van der Waals surface area contributed by atoms with Gasteiger partial charge >= 0.3 is 0 Å². The van der Waals surface area contributed by atoms with Crippen molar-refractivity contribution in [3.63, 3.8) is 0 Å². The largest absolute Gasteiger partial charge is 0.322 e. The summed E-state index contributed by atoms with van der Waals surface area (Å²) in [6, 6.07) is 9.46. The first-order valence-corrected chi connectivity index (χ1v) is 8.76. The van der Waals surface area contributed by atoms with Gasteiger partial charge in [0.1, 0.15) is 0 Å². The number of nitrogens with zero attached hydrogens (tertiary/aromatic N) is 1. The Kier molecular flexibility index (Phi) is 5.05. The zero-order valence-corrected chi connectivity index (χ0v) is 13.9. The third-order valence-corrected chi connectivity index (χ3v) is 3.77. The van der Waals surface area contributed by atoms with E-state index < -0.39 is 20.9 Å². The Morgan fingerprint density at radius 2 is 1.88 bits per heavy atom. The standard InChI is InChI=1S/C14H12ClN3O5S/c1-24(22,23)17-10-5-6-13(15)12(8-10)14(19)16-9-3-2-4-11(7-9)18(20)21/h2-8,17H,1H3,(H,16,19). The average molecular weight is 370 g/mol. The van der Waals surface area contributed by atoms with Crippen molar-refractivity contribution in [3.8, 4) is 0 Å². The van der Waals surface area contributed by atoms with Crippen LogP contribution in [0.4, 0.5) is 17.1 Å². The number of sulfonamides is 1. The first-order valence-electron chi connectivity index (χ1n) is 6.49. The third-order valence-electron chi connectivity index (χ3n) is 2.83. The Hall–Kier alpha value is -2.65. The van der Waals surface area contributed by atoms with Gasteiger partial charge in [0, 0.05) is 23.5 Å². The molecule has 0 heterocycles. The van der Waals surface area contributed by atoms with Crippen LogP contribution in [-0.2, 0) is 10.0 Å². The van der Waals surface area contributed by atoms with E-state index in [-0.39, 0.29) is 27.6 Å². The molecule has 0 saturated heterocycles. The molecular formula is C14H12ClN3O5S. The molecule has 0 unspecified atom stereocenters. The van der Waals surface area contributed by atoms with Crippen LogP contribution in [0.15, 0.2) is 42.5 Å². The lowest BCUT2D eigenvalue weighted by atomic mass is 10.2. The van der Waals surface area contributed by atoms with Crippen LogP contribution in [0, 0.1) is 10.1 Å².